The molecule has 1 saturated heterocycles. The predicted molar refractivity (Wildman–Crippen MR) is 90.6 cm³/mol. The number of carbonyl (C=O) groups is 2. The highest BCUT2D eigenvalue weighted by Crippen LogP contribution is 2.17. The van der Waals surface area contributed by atoms with Crippen molar-refractivity contribution in [1.29, 1.82) is 0 Å². The van der Waals surface area contributed by atoms with Gasteiger partial charge in [-0.15, -0.1) is 0 Å². The number of aromatic amines is 1. The average molecular weight is 345 g/mol. The van der Waals surface area contributed by atoms with Crippen LogP contribution < -0.4 is 5.56 Å². The van der Waals surface area contributed by atoms with E-state index in [1.165, 1.54) is 11.0 Å². The Morgan fingerprint density at radius 1 is 1.20 bits per heavy atom. The molecule has 2 heterocycles. The van der Waals surface area contributed by atoms with Crippen molar-refractivity contribution in [3.63, 3.8) is 0 Å². The molecule has 1 aromatic carbocycles. The van der Waals surface area contributed by atoms with E-state index in [1.807, 2.05) is 0 Å². The topological polar surface area (TPSA) is 114 Å². The minimum absolute atomic E-state index is 0.0933. The van der Waals surface area contributed by atoms with Gasteiger partial charge < -0.3 is 20.1 Å². The van der Waals surface area contributed by atoms with Gasteiger partial charge in [0, 0.05) is 43.1 Å². The number of H-pyrrole nitrogens is 1. The van der Waals surface area contributed by atoms with Gasteiger partial charge in [0.25, 0.3) is 5.91 Å². The van der Waals surface area contributed by atoms with Crippen LogP contribution in [0, 0.1) is 0 Å². The number of para-hydroxylation sites is 1. The van der Waals surface area contributed by atoms with Crippen LogP contribution in [-0.2, 0) is 4.79 Å². The molecular weight excluding hydrogens is 326 g/mol. The van der Waals surface area contributed by atoms with Gasteiger partial charge in [0.1, 0.15) is 0 Å². The number of hydrogen-bond acceptors (Lipinski definition) is 5. The van der Waals surface area contributed by atoms with E-state index in [0.717, 1.165) is 0 Å². The smallest absolute Gasteiger partial charge is 0.317 e. The summed E-state index contributed by atoms with van der Waals surface area (Å²) >= 11 is 0. The third-order valence-electron chi connectivity index (χ3n) is 4.21. The zero-order valence-corrected chi connectivity index (χ0v) is 13.5. The third kappa shape index (κ3) is 3.86. The molecule has 8 heteroatoms. The van der Waals surface area contributed by atoms with E-state index in [4.69, 9.17) is 5.11 Å². The number of pyridine rings is 1. The predicted octanol–water partition coefficient (Wildman–Crippen LogP) is -0.269. The van der Waals surface area contributed by atoms with Crippen LogP contribution in [0.25, 0.3) is 10.9 Å². The molecule has 0 radical (unpaired) electrons. The molecule has 132 valence electrons. The van der Waals surface area contributed by atoms with Crippen LogP contribution >= 0.6 is 0 Å². The summed E-state index contributed by atoms with van der Waals surface area (Å²) < 4.78 is 0. The van der Waals surface area contributed by atoms with Crippen LogP contribution in [0.4, 0.5) is 0 Å². The van der Waals surface area contributed by atoms with Crippen LogP contribution in [0.2, 0.25) is 0 Å². The Hall–Kier alpha value is -2.71. The largest absolute Gasteiger partial charge is 0.480 e. The Morgan fingerprint density at radius 3 is 2.72 bits per heavy atom. The number of aliphatic carboxylic acids is 1. The molecule has 2 aromatic rings. The lowest BCUT2D eigenvalue weighted by Crippen LogP contribution is -2.38. The van der Waals surface area contributed by atoms with Crippen LogP contribution in [-0.4, -0.2) is 75.7 Å². The number of hydrogen-bond donors (Lipinski definition) is 3. The molecule has 0 unspecified atom stereocenters. The number of carboxylic acid groups (broad SMARTS) is 1. The Morgan fingerprint density at radius 2 is 1.96 bits per heavy atom. The highest BCUT2D eigenvalue weighted by Gasteiger charge is 2.27. The van der Waals surface area contributed by atoms with Crippen molar-refractivity contribution < 1.29 is 19.8 Å². The minimum Gasteiger partial charge on any atom is -0.480 e. The molecule has 0 spiro atoms. The molecule has 3 N–H and O–H groups in total. The molecular formula is C17H19N3O5. The summed E-state index contributed by atoms with van der Waals surface area (Å²) in [5.74, 6) is -1.33. The van der Waals surface area contributed by atoms with Gasteiger partial charge in [-0.25, -0.2) is 0 Å². The first-order valence-electron chi connectivity index (χ1n) is 7.97. The van der Waals surface area contributed by atoms with Gasteiger partial charge in [-0.3, -0.25) is 19.3 Å². The van der Waals surface area contributed by atoms with E-state index in [9.17, 15) is 19.5 Å². The van der Waals surface area contributed by atoms with Gasteiger partial charge >= 0.3 is 5.97 Å². The maximum absolute atomic E-state index is 12.9. The summed E-state index contributed by atoms with van der Waals surface area (Å²) in [5, 5.41) is 19.6. The number of benzene rings is 1. The molecule has 1 aliphatic rings. The first kappa shape index (κ1) is 17.1. The summed E-state index contributed by atoms with van der Waals surface area (Å²) in [4.78, 5) is 41.4. The highest BCUT2D eigenvalue weighted by atomic mass is 16.4. The second-order valence-electron chi connectivity index (χ2n) is 6.13. The molecule has 1 fully saturated rings. The number of aliphatic hydroxyl groups excluding tert-OH is 1. The van der Waals surface area contributed by atoms with Crippen molar-refractivity contribution in [3.8, 4) is 0 Å². The first-order valence-corrected chi connectivity index (χ1v) is 7.97. The second kappa shape index (κ2) is 7.04. The molecule has 25 heavy (non-hydrogen) atoms. The lowest BCUT2D eigenvalue weighted by Gasteiger charge is -2.22. The average Bonchev–Trinajstić information content (AvgIpc) is 2.74. The monoisotopic (exact) mass is 345 g/mol. The maximum atomic E-state index is 12.9. The van der Waals surface area contributed by atoms with Crippen molar-refractivity contribution in [1.82, 2.24) is 14.8 Å². The van der Waals surface area contributed by atoms with Gasteiger partial charge in [-0.2, -0.15) is 0 Å². The Bertz CT molecular complexity index is 863. The second-order valence-corrected chi connectivity index (χ2v) is 6.13. The van der Waals surface area contributed by atoms with E-state index in [1.54, 1.807) is 29.2 Å². The first-order chi connectivity index (χ1) is 11.9. The summed E-state index contributed by atoms with van der Waals surface area (Å²) in [7, 11) is 0. The van der Waals surface area contributed by atoms with Crippen molar-refractivity contribution in [2.75, 3.05) is 32.7 Å². The number of β-amino-alcohol motifs (C(OH)–C–C–N with tert-alkyl or cyclic N) is 1. The van der Waals surface area contributed by atoms with Gasteiger partial charge in [0.15, 0.2) is 0 Å². The molecule has 3 rings (SSSR count). The fourth-order valence-corrected chi connectivity index (χ4v) is 3.13. The van der Waals surface area contributed by atoms with Gasteiger partial charge in [0.05, 0.1) is 18.2 Å². The van der Waals surface area contributed by atoms with E-state index < -0.39 is 12.1 Å². The molecule has 0 aliphatic carbocycles. The van der Waals surface area contributed by atoms with Crippen LogP contribution in [0.5, 0.6) is 0 Å². The standard InChI is InChI=1S/C17H19N3O5/c21-11-8-19(10-16(23)24)5-6-20(9-11)17(25)13-7-15(22)18-14-4-2-1-3-12(13)14/h1-4,7,11,21H,5-6,8-10H2,(H,18,22)(H,23,24)/t11-/m1/s1. The molecule has 0 saturated carbocycles. The molecule has 1 amide bonds. The van der Waals surface area contributed by atoms with Gasteiger partial charge in [0.2, 0.25) is 5.56 Å². The zero-order chi connectivity index (χ0) is 18.0. The van der Waals surface area contributed by atoms with Crippen LogP contribution in [0.15, 0.2) is 35.1 Å². The lowest BCUT2D eigenvalue weighted by molar-refractivity contribution is -0.138. The van der Waals surface area contributed by atoms with Gasteiger partial charge in [-0.1, -0.05) is 18.2 Å². The number of nitrogens with one attached hydrogen (secondary N) is 1. The van der Waals surface area contributed by atoms with E-state index >= 15 is 0 Å². The van der Waals surface area contributed by atoms with Crippen molar-refractivity contribution in [3.05, 3.63) is 46.2 Å². The minimum atomic E-state index is -0.979. The molecule has 1 atom stereocenters. The molecule has 8 nitrogen and oxygen atoms in total. The fraction of sp³-hybridized carbons (Fsp3) is 0.353. The summed E-state index contributed by atoms with van der Waals surface area (Å²) in [6.45, 7) is 0.718. The van der Waals surface area contributed by atoms with Gasteiger partial charge in [-0.05, 0) is 6.07 Å². The number of carbonyl (C=O) groups excluding carboxylic acids is 1. The lowest BCUT2D eigenvalue weighted by atomic mass is 10.1. The number of aromatic nitrogens is 1. The quantitative estimate of drug-likeness (QED) is 0.706. The zero-order valence-electron chi connectivity index (χ0n) is 13.5. The fourth-order valence-electron chi connectivity index (χ4n) is 3.13. The SMILES string of the molecule is O=C(O)CN1CCN(C(=O)c2cc(=O)[nH]c3ccccc23)C[C@H](O)C1. The number of amides is 1. The molecule has 1 aromatic heterocycles. The van der Waals surface area contributed by atoms with Crippen molar-refractivity contribution in [2.24, 2.45) is 0 Å². The van der Waals surface area contributed by atoms with E-state index in [0.29, 0.717) is 17.4 Å². The third-order valence-corrected chi connectivity index (χ3v) is 4.21. The number of fused-ring (bicyclic) bond motifs is 1. The van der Waals surface area contributed by atoms with Crippen LogP contribution in [0.1, 0.15) is 10.4 Å². The normalized spacial score (nSPS) is 18.9. The Balaban J connectivity index is 1.88. The van der Waals surface area contributed by atoms with Crippen molar-refractivity contribution >= 4 is 22.8 Å². The number of nitrogens with zero attached hydrogens (tertiary/aromatic N) is 2. The van der Waals surface area contributed by atoms with Crippen LogP contribution in [0.3, 0.4) is 0 Å². The maximum Gasteiger partial charge on any atom is 0.317 e. The summed E-state index contributed by atoms with van der Waals surface area (Å²) in [6.07, 6.45) is -0.848. The summed E-state index contributed by atoms with van der Waals surface area (Å²) in [5.41, 5.74) is 0.476. The summed E-state index contributed by atoms with van der Waals surface area (Å²) in [6, 6.07) is 8.29. The Labute approximate surface area is 143 Å². The molecule has 0 bridgehead atoms. The number of carboxylic acids is 1. The van der Waals surface area contributed by atoms with E-state index in [2.05, 4.69) is 4.98 Å². The highest BCUT2D eigenvalue weighted by molar-refractivity contribution is 6.05. The molecule has 1 aliphatic heterocycles. The van der Waals surface area contributed by atoms with E-state index in [-0.39, 0.29) is 43.2 Å². The number of aliphatic hydroxyl groups is 1. The Kier molecular flexibility index (Phi) is 4.82. The number of rotatable bonds is 3. The van der Waals surface area contributed by atoms with Crippen molar-refractivity contribution in [2.45, 2.75) is 6.10 Å².